The van der Waals surface area contributed by atoms with Crippen molar-refractivity contribution >= 4 is 29.3 Å². The number of nitrogens with zero attached hydrogens (tertiary/aromatic N) is 1. The SMILES string of the molecule is CCOC(=O)C1C(CCl)=NC(=O)NC1c1ccc(F)cc1. The second-order valence-corrected chi connectivity index (χ2v) is 4.71. The van der Waals surface area contributed by atoms with Crippen molar-refractivity contribution in [2.75, 3.05) is 12.5 Å². The van der Waals surface area contributed by atoms with Gasteiger partial charge < -0.3 is 10.1 Å². The first-order valence-electron chi connectivity index (χ1n) is 6.42. The predicted molar refractivity (Wildman–Crippen MR) is 76.0 cm³/mol. The van der Waals surface area contributed by atoms with E-state index in [-0.39, 0.29) is 18.2 Å². The molecule has 2 unspecified atom stereocenters. The van der Waals surface area contributed by atoms with Crippen molar-refractivity contribution in [1.82, 2.24) is 5.32 Å². The summed E-state index contributed by atoms with van der Waals surface area (Å²) < 4.78 is 18.0. The van der Waals surface area contributed by atoms with Crippen molar-refractivity contribution in [2.24, 2.45) is 10.9 Å². The number of hydrogen-bond acceptors (Lipinski definition) is 3. The van der Waals surface area contributed by atoms with E-state index in [2.05, 4.69) is 10.3 Å². The molecule has 1 aliphatic heterocycles. The maximum atomic E-state index is 13.0. The number of nitrogens with one attached hydrogen (secondary N) is 1. The van der Waals surface area contributed by atoms with E-state index in [1.165, 1.54) is 24.3 Å². The Bertz CT molecular complexity index is 574. The molecule has 112 valence electrons. The number of rotatable bonds is 4. The average molecular weight is 313 g/mol. The summed E-state index contributed by atoms with van der Waals surface area (Å²) in [7, 11) is 0. The zero-order valence-electron chi connectivity index (χ0n) is 11.3. The first-order chi connectivity index (χ1) is 10.1. The molecule has 1 aromatic rings. The molecule has 21 heavy (non-hydrogen) atoms. The van der Waals surface area contributed by atoms with E-state index >= 15 is 0 Å². The summed E-state index contributed by atoms with van der Waals surface area (Å²) in [5.74, 6) is -1.80. The fourth-order valence-electron chi connectivity index (χ4n) is 2.20. The number of halogens is 2. The number of hydrogen-bond donors (Lipinski definition) is 1. The van der Waals surface area contributed by atoms with Crippen LogP contribution in [0.1, 0.15) is 18.5 Å². The van der Waals surface area contributed by atoms with E-state index in [0.717, 1.165) is 0 Å². The molecule has 5 nitrogen and oxygen atoms in total. The van der Waals surface area contributed by atoms with Gasteiger partial charge in [0, 0.05) is 0 Å². The first kappa shape index (κ1) is 15.4. The molecule has 0 spiro atoms. The Kier molecular flexibility index (Phi) is 4.90. The molecule has 1 aliphatic rings. The van der Waals surface area contributed by atoms with Crippen molar-refractivity contribution in [3.63, 3.8) is 0 Å². The van der Waals surface area contributed by atoms with Gasteiger partial charge in [0.25, 0.3) is 0 Å². The van der Waals surface area contributed by atoms with Gasteiger partial charge in [0.05, 0.1) is 24.2 Å². The molecule has 1 aromatic carbocycles. The fourth-order valence-corrected chi connectivity index (χ4v) is 2.43. The minimum atomic E-state index is -0.814. The number of carbonyl (C=O) groups is 2. The van der Waals surface area contributed by atoms with E-state index in [1.54, 1.807) is 6.92 Å². The second kappa shape index (κ2) is 6.67. The lowest BCUT2D eigenvalue weighted by Gasteiger charge is -2.30. The summed E-state index contributed by atoms with van der Waals surface area (Å²) in [5, 5.41) is 2.60. The molecular formula is C14H14ClFN2O3. The van der Waals surface area contributed by atoms with Crippen LogP contribution in [0, 0.1) is 11.7 Å². The van der Waals surface area contributed by atoms with Crippen LogP contribution in [0.2, 0.25) is 0 Å². The van der Waals surface area contributed by atoms with Crippen LogP contribution in [-0.2, 0) is 9.53 Å². The molecule has 0 radical (unpaired) electrons. The number of ether oxygens (including phenoxy) is 1. The van der Waals surface area contributed by atoms with Crippen molar-refractivity contribution in [1.29, 1.82) is 0 Å². The highest BCUT2D eigenvalue weighted by Gasteiger charge is 2.39. The highest BCUT2D eigenvalue weighted by molar-refractivity contribution is 6.32. The number of urea groups is 1. The summed E-state index contributed by atoms with van der Waals surface area (Å²) in [4.78, 5) is 27.5. The Morgan fingerprint density at radius 1 is 1.43 bits per heavy atom. The van der Waals surface area contributed by atoms with Gasteiger partial charge in [-0.05, 0) is 24.6 Å². The molecule has 0 aromatic heterocycles. The van der Waals surface area contributed by atoms with Crippen molar-refractivity contribution in [3.8, 4) is 0 Å². The lowest BCUT2D eigenvalue weighted by molar-refractivity contribution is -0.146. The number of amides is 2. The molecule has 7 heteroatoms. The number of benzene rings is 1. The molecule has 2 amide bonds. The van der Waals surface area contributed by atoms with E-state index < -0.39 is 29.8 Å². The molecule has 1 heterocycles. The largest absolute Gasteiger partial charge is 0.465 e. The number of esters is 1. The van der Waals surface area contributed by atoms with Gasteiger partial charge in [-0.1, -0.05) is 12.1 Å². The molecule has 1 N–H and O–H groups in total. The number of carbonyl (C=O) groups excluding carboxylic acids is 2. The Labute approximate surface area is 126 Å². The smallest absolute Gasteiger partial charge is 0.341 e. The molecule has 0 saturated heterocycles. The third-order valence-electron chi connectivity index (χ3n) is 3.12. The summed E-state index contributed by atoms with van der Waals surface area (Å²) in [5.41, 5.74) is 0.827. The van der Waals surface area contributed by atoms with Crippen LogP contribution in [0.25, 0.3) is 0 Å². The summed E-state index contributed by atoms with van der Waals surface area (Å²) >= 11 is 5.78. The summed E-state index contributed by atoms with van der Waals surface area (Å²) in [6, 6.07) is 4.27. The monoisotopic (exact) mass is 312 g/mol. The average Bonchev–Trinajstić information content (AvgIpc) is 2.47. The second-order valence-electron chi connectivity index (χ2n) is 4.45. The van der Waals surface area contributed by atoms with Crippen LogP contribution in [0.3, 0.4) is 0 Å². The number of alkyl halides is 1. The highest BCUT2D eigenvalue weighted by atomic mass is 35.5. The van der Waals surface area contributed by atoms with Crippen LogP contribution in [-0.4, -0.2) is 30.2 Å². The van der Waals surface area contributed by atoms with Gasteiger partial charge in [0.15, 0.2) is 0 Å². The number of aliphatic imine (C=N–C) groups is 1. The molecular weight excluding hydrogens is 299 g/mol. The lowest BCUT2D eigenvalue weighted by Crippen LogP contribution is -2.45. The Morgan fingerprint density at radius 2 is 2.10 bits per heavy atom. The molecule has 0 fully saturated rings. The zero-order valence-corrected chi connectivity index (χ0v) is 12.1. The van der Waals surface area contributed by atoms with Crippen LogP contribution in [0.4, 0.5) is 9.18 Å². The van der Waals surface area contributed by atoms with Crippen LogP contribution >= 0.6 is 11.6 Å². The van der Waals surface area contributed by atoms with E-state index in [0.29, 0.717) is 5.56 Å². The van der Waals surface area contributed by atoms with Gasteiger partial charge in [-0.2, -0.15) is 0 Å². The summed E-state index contributed by atoms with van der Waals surface area (Å²) in [6.45, 7) is 1.89. The third-order valence-corrected chi connectivity index (χ3v) is 3.40. The maximum Gasteiger partial charge on any atom is 0.341 e. The molecule has 0 saturated carbocycles. The Balaban J connectivity index is 2.40. The lowest BCUT2D eigenvalue weighted by atomic mass is 9.88. The molecule has 0 bridgehead atoms. The minimum absolute atomic E-state index is 0.0609. The van der Waals surface area contributed by atoms with Crippen LogP contribution in [0.15, 0.2) is 29.3 Å². The first-order valence-corrected chi connectivity index (χ1v) is 6.96. The van der Waals surface area contributed by atoms with E-state index in [4.69, 9.17) is 16.3 Å². The fraction of sp³-hybridized carbons (Fsp3) is 0.357. The van der Waals surface area contributed by atoms with Gasteiger partial charge in [0.1, 0.15) is 11.7 Å². The van der Waals surface area contributed by atoms with Crippen molar-refractivity contribution in [3.05, 3.63) is 35.6 Å². The van der Waals surface area contributed by atoms with Crippen LogP contribution < -0.4 is 5.32 Å². The van der Waals surface area contributed by atoms with Gasteiger partial charge >= 0.3 is 12.0 Å². The topological polar surface area (TPSA) is 67.8 Å². The Morgan fingerprint density at radius 3 is 2.67 bits per heavy atom. The minimum Gasteiger partial charge on any atom is -0.465 e. The zero-order chi connectivity index (χ0) is 15.4. The van der Waals surface area contributed by atoms with Gasteiger partial charge in [0.2, 0.25) is 0 Å². The van der Waals surface area contributed by atoms with Crippen molar-refractivity contribution in [2.45, 2.75) is 13.0 Å². The molecule has 2 atom stereocenters. The van der Waals surface area contributed by atoms with E-state index in [9.17, 15) is 14.0 Å². The normalized spacial score (nSPS) is 21.5. The highest BCUT2D eigenvalue weighted by Crippen LogP contribution is 2.28. The molecule has 0 aliphatic carbocycles. The standard InChI is InChI=1S/C14H14ClFN2O3/c1-2-21-13(19)11-10(7-15)17-14(20)18-12(11)8-3-5-9(16)6-4-8/h3-6,11-12H,2,7H2,1H3,(H,18,20). The maximum absolute atomic E-state index is 13.0. The van der Waals surface area contributed by atoms with Gasteiger partial charge in [-0.25, -0.2) is 14.2 Å². The molecule has 2 rings (SSSR count). The van der Waals surface area contributed by atoms with Gasteiger partial charge in [-0.3, -0.25) is 4.79 Å². The van der Waals surface area contributed by atoms with Crippen molar-refractivity contribution < 1.29 is 18.7 Å². The van der Waals surface area contributed by atoms with Crippen LogP contribution in [0.5, 0.6) is 0 Å². The predicted octanol–water partition coefficient (Wildman–Crippen LogP) is 2.45. The quantitative estimate of drug-likeness (QED) is 0.686. The third kappa shape index (κ3) is 3.39. The van der Waals surface area contributed by atoms with E-state index in [1.807, 2.05) is 0 Å². The summed E-state index contributed by atoms with van der Waals surface area (Å²) in [6.07, 6.45) is 0. The van der Waals surface area contributed by atoms with Gasteiger partial charge in [-0.15, -0.1) is 11.6 Å². The Hall–Kier alpha value is -1.95.